The Morgan fingerprint density at radius 2 is 1.70 bits per heavy atom. The first-order valence-corrected chi connectivity index (χ1v) is 7.98. The van der Waals surface area contributed by atoms with Gasteiger partial charge >= 0.3 is 0 Å². The summed E-state index contributed by atoms with van der Waals surface area (Å²) in [5.74, 6) is 0. The highest BCUT2D eigenvalue weighted by Gasteiger charge is 2.15. The van der Waals surface area contributed by atoms with E-state index in [-0.39, 0.29) is 18.7 Å². The fraction of sp³-hybridized carbons (Fsp3) is 0.300. The monoisotopic (exact) mass is 311 g/mol. The SMILES string of the molecule is C=CC[C@H](COCc1ccccc1)N[C@@H](CO)c1ccccc1. The predicted molar refractivity (Wildman–Crippen MR) is 94.1 cm³/mol. The molecule has 0 aliphatic carbocycles. The first-order chi connectivity index (χ1) is 11.3. The molecule has 3 nitrogen and oxygen atoms in total. The molecular weight excluding hydrogens is 286 g/mol. The second-order valence-corrected chi connectivity index (χ2v) is 5.53. The lowest BCUT2D eigenvalue weighted by Gasteiger charge is -2.24. The summed E-state index contributed by atoms with van der Waals surface area (Å²) >= 11 is 0. The number of hydrogen-bond donors (Lipinski definition) is 2. The van der Waals surface area contributed by atoms with Crippen LogP contribution >= 0.6 is 0 Å². The summed E-state index contributed by atoms with van der Waals surface area (Å²) in [5, 5.41) is 13.1. The molecule has 0 bridgehead atoms. The van der Waals surface area contributed by atoms with E-state index in [1.807, 2.05) is 54.6 Å². The third-order valence-electron chi connectivity index (χ3n) is 3.70. The molecule has 0 aliphatic rings. The van der Waals surface area contributed by atoms with E-state index in [0.29, 0.717) is 13.2 Å². The van der Waals surface area contributed by atoms with Gasteiger partial charge in [-0.25, -0.2) is 0 Å². The fourth-order valence-corrected chi connectivity index (χ4v) is 2.50. The lowest BCUT2D eigenvalue weighted by Crippen LogP contribution is -2.37. The standard InChI is InChI=1S/C20H25NO2/c1-2-9-19(16-23-15-17-10-5-3-6-11-17)21-20(14-22)18-12-7-4-8-13-18/h2-8,10-13,19-22H,1,9,14-16H2/t19-,20+/m1/s1. The van der Waals surface area contributed by atoms with E-state index in [1.165, 1.54) is 0 Å². The largest absolute Gasteiger partial charge is 0.394 e. The summed E-state index contributed by atoms with van der Waals surface area (Å²) < 4.78 is 5.82. The average molecular weight is 311 g/mol. The van der Waals surface area contributed by atoms with Gasteiger partial charge in [-0.05, 0) is 17.5 Å². The van der Waals surface area contributed by atoms with Crippen LogP contribution in [0.1, 0.15) is 23.6 Å². The van der Waals surface area contributed by atoms with E-state index in [1.54, 1.807) is 0 Å². The van der Waals surface area contributed by atoms with Crippen LogP contribution in [0, 0.1) is 0 Å². The maximum absolute atomic E-state index is 9.67. The molecule has 0 radical (unpaired) electrons. The number of aliphatic hydroxyl groups is 1. The van der Waals surface area contributed by atoms with Crippen molar-refractivity contribution >= 4 is 0 Å². The maximum atomic E-state index is 9.67. The minimum Gasteiger partial charge on any atom is -0.394 e. The smallest absolute Gasteiger partial charge is 0.0717 e. The van der Waals surface area contributed by atoms with Crippen LogP contribution in [0.3, 0.4) is 0 Å². The van der Waals surface area contributed by atoms with Crippen molar-refractivity contribution in [1.29, 1.82) is 0 Å². The summed E-state index contributed by atoms with van der Waals surface area (Å²) in [7, 11) is 0. The van der Waals surface area contributed by atoms with E-state index in [4.69, 9.17) is 4.74 Å². The van der Waals surface area contributed by atoms with Crippen molar-refractivity contribution in [2.24, 2.45) is 0 Å². The van der Waals surface area contributed by atoms with Gasteiger partial charge in [-0.15, -0.1) is 6.58 Å². The zero-order valence-electron chi connectivity index (χ0n) is 13.4. The number of benzene rings is 2. The molecule has 2 atom stereocenters. The second-order valence-electron chi connectivity index (χ2n) is 5.53. The minimum absolute atomic E-state index is 0.0519. The van der Waals surface area contributed by atoms with Crippen LogP contribution in [0.2, 0.25) is 0 Å². The summed E-state index contributed by atoms with van der Waals surface area (Å²) in [6.45, 7) is 5.03. The Kier molecular flexibility index (Phi) is 7.54. The molecule has 0 heterocycles. The van der Waals surface area contributed by atoms with Gasteiger partial charge in [0.1, 0.15) is 0 Å². The average Bonchev–Trinajstić information content (AvgIpc) is 2.61. The summed E-state index contributed by atoms with van der Waals surface area (Å²) in [5.41, 5.74) is 2.23. The van der Waals surface area contributed by atoms with E-state index < -0.39 is 0 Å². The molecule has 2 aromatic rings. The van der Waals surface area contributed by atoms with Gasteiger partial charge < -0.3 is 15.2 Å². The van der Waals surface area contributed by atoms with Crippen LogP contribution < -0.4 is 5.32 Å². The van der Waals surface area contributed by atoms with E-state index in [2.05, 4.69) is 24.0 Å². The lowest BCUT2D eigenvalue weighted by atomic mass is 10.1. The number of nitrogens with one attached hydrogen (secondary N) is 1. The molecular formula is C20H25NO2. The Bertz CT molecular complexity index is 556. The van der Waals surface area contributed by atoms with Crippen molar-refractivity contribution in [3.05, 3.63) is 84.4 Å². The molecule has 2 N–H and O–H groups in total. The number of hydrogen-bond acceptors (Lipinski definition) is 3. The zero-order chi connectivity index (χ0) is 16.3. The topological polar surface area (TPSA) is 41.5 Å². The summed E-state index contributed by atoms with van der Waals surface area (Å²) in [6, 6.07) is 20.1. The van der Waals surface area contributed by atoms with Crippen LogP contribution in [0.5, 0.6) is 0 Å². The predicted octanol–water partition coefficient (Wildman–Crippen LogP) is 3.47. The molecule has 0 aromatic heterocycles. The molecule has 0 aliphatic heterocycles. The quantitative estimate of drug-likeness (QED) is 0.660. The highest BCUT2D eigenvalue weighted by molar-refractivity contribution is 5.19. The Balaban J connectivity index is 1.88. The Morgan fingerprint density at radius 3 is 2.30 bits per heavy atom. The highest BCUT2D eigenvalue weighted by Crippen LogP contribution is 2.14. The number of aliphatic hydroxyl groups excluding tert-OH is 1. The third-order valence-corrected chi connectivity index (χ3v) is 3.70. The molecule has 23 heavy (non-hydrogen) atoms. The molecule has 0 unspecified atom stereocenters. The molecule has 0 saturated carbocycles. The molecule has 122 valence electrons. The van der Waals surface area contributed by atoms with Crippen LogP contribution in [0.4, 0.5) is 0 Å². The van der Waals surface area contributed by atoms with E-state index in [0.717, 1.165) is 17.5 Å². The van der Waals surface area contributed by atoms with Gasteiger partial charge in [-0.3, -0.25) is 0 Å². The zero-order valence-corrected chi connectivity index (χ0v) is 13.4. The van der Waals surface area contributed by atoms with E-state index >= 15 is 0 Å². The Hall–Kier alpha value is -1.94. The van der Waals surface area contributed by atoms with Crippen molar-refractivity contribution in [2.45, 2.75) is 25.1 Å². The van der Waals surface area contributed by atoms with Gasteiger partial charge in [0.2, 0.25) is 0 Å². The van der Waals surface area contributed by atoms with Crippen molar-refractivity contribution in [1.82, 2.24) is 5.32 Å². The van der Waals surface area contributed by atoms with Crippen molar-refractivity contribution in [2.75, 3.05) is 13.2 Å². The molecule has 0 saturated heterocycles. The van der Waals surface area contributed by atoms with Gasteiger partial charge in [0, 0.05) is 6.04 Å². The van der Waals surface area contributed by atoms with Crippen molar-refractivity contribution < 1.29 is 9.84 Å². The first-order valence-electron chi connectivity index (χ1n) is 7.98. The molecule has 2 rings (SSSR count). The molecule has 0 amide bonds. The summed E-state index contributed by atoms with van der Waals surface area (Å²) in [6.07, 6.45) is 2.67. The summed E-state index contributed by atoms with van der Waals surface area (Å²) in [4.78, 5) is 0. The van der Waals surface area contributed by atoms with Gasteiger partial charge in [0.05, 0.1) is 25.9 Å². The molecule has 2 aromatic carbocycles. The van der Waals surface area contributed by atoms with Crippen LogP contribution in [0.15, 0.2) is 73.3 Å². The minimum atomic E-state index is -0.0959. The van der Waals surface area contributed by atoms with Crippen LogP contribution in [0.25, 0.3) is 0 Å². The number of rotatable bonds is 10. The fourth-order valence-electron chi connectivity index (χ4n) is 2.50. The van der Waals surface area contributed by atoms with Crippen molar-refractivity contribution in [3.63, 3.8) is 0 Å². The maximum Gasteiger partial charge on any atom is 0.0717 e. The van der Waals surface area contributed by atoms with Crippen molar-refractivity contribution in [3.8, 4) is 0 Å². The number of ether oxygens (including phenoxy) is 1. The molecule has 3 heteroatoms. The highest BCUT2D eigenvalue weighted by atomic mass is 16.5. The Morgan fingerprint density at radius 1 is 1.04 bits per heavy atom. The van der Waals surface area contributed by atoms with Gasteiger partial charge in [-0.2, -0.15) is 0 Å². The lowest BCUT2D eigenvalue weighted by molar-refractivity contribution is 0.0913. The molecule has 0 spiro atoms. The first kappa shape index (κ1) is 17.4. The molecule has 0 fully saturated rings. The van der Waals surface area contributed by atoms with Crippen LogP contribution in [-0.4, -0.2) is 24.4 Å². The van der Waals surface area contributed by atoms with Crippen LogP contribution in [-0.2, 0) is 11.3 Å². The van der Waals surface area contributed by atoms with E-state index in [9.17, 15) is 5.11 Å². The Labute approximate surface area is 138 Å². The third kappa shape index (κ3) is 5.99. The van der Waals surface area contributed by atoms with Gasteiger partial charge in [-0.1, -0.05) is 66.7 Å². The normalized spacial score (nSPS) is 13.4. The second kappa shape index (κ2) is 9.95. The van der Waals surface area contributed by atoms with Gasteiger partial charge in [0.25, 0.3) is 0 Å². The van der Waals surface area contributed by atoms with Gasteiger partial charge in [0.15, 0.2) is 0 Å².